The summed E-state index contributed by atoms with van der Waals surface area (Å²) in [5.74, 6) is 1.16. The molecule has 0 bridgehead atoms. The lowest BCUT2D eigenvalue weighted by Crippen LogP contribution is -2.41. The zero-order chi connectivity index (χ0) is 14.8. The summed E-state index contributed by atoms with van der Waals surface area (Å²) in [6.45, 7) is 4.57. The SMILES string of the molecule is CC(C)C1CCCC(N)(Cc2cccc(Cl)c2F)CC1. The quantitative estimate of drug-likeness (QED) is 0.784. The van der Waals surface area contributed by atoms with Gasteiger partial charge in [-0.15, -0.1) is 0 Å². The Morgan fingerprint density at radius 3 is 2.80 bits per heavy atom. The maximum absolute atomic E-state index is 14.0. The summed E-state index contributed by atoms with van der Waals surface area (Å²) in [7, 11) is 0. The molecular weight excluding hydrogens is 273 g/mol. The maximum Gasteiger partial charge on any atom is 0.145 e. The molecule has 20 heavy (non-hydrogen) atoms. The fraction of sp³-hybridized carbons (Fsp3) is 0.647. The van der Waals surface area contributed by atoms with Gasteiger partial charge in [0, 0.05) is 5.54 Å². The van der Waals surface area contributed by atoms with Crippen molar-refractivity contribution in [3.63, 3.8) is 0 Å². The second-order valence-electron chi connectivity index (χ2n) is 6.69. The summed E-state index contributed by atoms with van der Waals surface area (Å²) in [6.07, 6.45) is 6.07. The minimum absolute atomic E-state index is 0.194. The number of rotatable bonds is 3. The van der Waals surface area contributed by atoms with Crippen LogP contribution in [0.2, 0.25) is 5.02 Å². The monoisotopic (exact) mass is 297 g/mol. The molecular formula is C17H25ClFN. The largest absolute Gasteiger partial charge is 0.325 e. The summed E-state index contributed by atoms with van der Waals surface area (Å²) >= 11 is 5.86. The Morgan fingerprint density at radius 2 is 2.10 bits per heavy atom. The zero-order valence-corrected chi connectivity index (χ0v) is 13.2. The van der Waals surface area contributed by atoms with Gasteiger partial charge in [-0.25, -0.2) is 4.39 Å². The highest BCUT2D eigenvalue weighted by Crippen LogP contribution is 2.35. The first-order valence-corrected chi connectivity index (χ1v) is 8.01. The van der Waals surface area contributed by atoms with Crippen molar-refractivity contribution in [2.75, 3.05) is 0 Å². The molecule has 0 aromatic heterocycles. The number of nitrogens with two attached hydrogens (primary N) is 1. The van der Waals surface area contributed by atoms with Crippen LogP contribution < -0.4 is 5.73 Å². The molecule has 2 rings (SSSR count). The smallest absolute Gasteiger partial charge is 0.145 e. The van der Waals surface area contributed by atoms with Crippen molar-refractivity contribution in [3.05, 3.63) is 34.6 Å². The van der Waals surface area contributed by atoms with Gasteiger partial charge in [0.25, 0.3) is 0 Å². The van der Waals surface area contributed by atoms with Gasteiger partial charge in [0.2, 0.25) is 0 Å². The molecule has 1 aliphatic rings. The van der Waals surface area contributed by atoms with Gasteiger partial charge in [-0.1, -0.05) is 50.4 Å². The predicted octanol–water partition coefficient (Wildman–Crippen LogP) is 4.96. The van der Waals surface area contributed by atoms with E-state index in [1.54, 1.807) is 18.2 Å². The Hall–Kier alpha value is -0.600. The molecule has 1 aromatic rings. The van der Waals surface area contributed by atoms with Gasteiger partial charge in [-0.05, 0) is 49.1 Å². The fourth-order valence-electron chi connectivity index (χ4n) is 3.37. The molecule has 1 fully saturated rings. The molecule has 0 heterocycles. The van der Waals surface area contributed by atoms with Crippen molar-refractivity contribution in [2.24, 2.45) is 17.6 Å². The number of halogens is 2. The molecule has 0 aliphatic heterocycles. The first-order valence-electron chi connectivity index (χ1n) is 7.63. The molecule has 2 atom stereocenters. The Bertz CT molecular complexity index is 460. The van der Waals surface area contributed by atoms with Crippen molar-refractivity contribution < 1.29 is 4.39 Å². The number of benzene rings is 1. The highest BCUT2D eigenvalue weighted by molar-refractivity contribution is 6.30. The van der Waals surface area contributed by atoms with Crippen LogP contribution in [0.3, 0.4) is 0 Å². The Labute approximate surface area is 126 Å². The third kappa shape index (κ3) is 3.73. The van der Waals surface area contributed by atoms with Crippen LogP contribution in [-0.4, -0.2) is 5.54 Å². The van der Waals surface area contributed by atoms with Crippen LogP contribution in [0.1, 0.15) is 51.5 Å². The third-order valence-electron chi connectivity index (χ3n) is 4.78. The van der Waals surface area contributed by atoms with Crippen LogP contribution in [0.4, 0.5) is 4.39 Å². The van der Waals surface area contributed by atoms with Crippen LogP contribution >= 0.6 is 11.6 Å². The first-order chi connectivity index (χ1) is 9.41. The van der Waals surface area contributed by atoms with Crippen molar-refractivity contribution in [1.82, 2.24) is 0 Å². The lowest BCUT2D eigenvalue weighted by Gasteiger charge is -2.29. The van der Waals surface area contributed by atoms with Crippen LogP contribution in [0, 0.1) is 17.7 Å². The Kier molecular flexibility index (Phi) is 5.09. The van der Waals surface area contributed by atoms with E-state index in [4.69, 9.17) is 17.3 Å². The molecule has 1 aromatic carbocycles. The van der Waals surface area contributed by atoms with E-state index < -0.39 is 0 Å². The van der Waals surface area contributed by atoms with Gasteiger partial charge in [0.1, 0.15) is 5.82 Å². The van der Waals surface area contributed by atoms with Gasteiger partial charge in [-0.2, -0.15) is 0 Å². The van der Waals surface area contributed by atoms with Crippen molar-refractivity contribution in [2.45, 2.75) is 57.9 Å². The summed E-state index contributed by atoms with van der Waals surface area (Å²) in [5, 5.41) is 0.194. The van der Waals surface area contributed by atoms with Crippen LogP contribution in [0.25, 0.3) is 0 Å². The van der Waals surface area contributed by atoms with E-state index in [1.807, 2.05) is 0 Å². The Morgan fingerprint density at radius 1 is 1.35 bits per heavy atom. The van der Waals surface area contributed by atoms with Gasteiger partial charge in [0.05, 0.1) is 5.02 Å². The minimum atomic E-state index is -0.302. The van der Waals surface area contributed by atoms with Gasteiger partial charge < -0.3 is 5.73 Å². The molecule has 0 radical (unpaired) electrons. The van der Waals surface area contributed by atoms with Crippen molar-refractivity contribution in [3.8, 4) is 0 Å². The van der Waals surface area contributed by atoms with Gasteiger partial charge in [-0.3, -0.25) is 0 Å². The molecule has 1 aliphatic carbocycles. The topological polar surface area (TPSA) is 26.0 Å². The van der Waals surface area contributed by atoms with E-state index in [9.17, 15) is 4.39 Å². The third-order valence-corrected chi connectivity index (χ3v) is 5.07. The van der Waals surface area contributed by atoms with Gasteiger partial charge in [0.15, 0.2) is 0 Å². The first kappa shape index (κ1) is 15.8. The highest BCUT2D eigenvalue weighted by atomic mass is 35.5. The maximum atomic E-state index is 14.0. The molecule has 1 saturated carbocycles. The van der Waals surface area contributed by atoms with Crippen molar-refractivity contribution >= 4 is 11.6 Å². The molecule has 2 N–H and O–H groups in total. The number of hydrogen-bond donors (Lipinski definition) is 1. The highest BCUT2D eigenvalue weighted by Gasteiger charge is 2.31. The molecule has 0 amide bonds. The van der Waals surface area contributed by atoms with E-state index in [0.29, 0.717) is 17.9 Å². The minimum Gasteiger partial charge on any atom is -0.325 e. The molecule has 0 saturated heterocycles. The summed E-state index contributed by atoms with van der Waals surface area (Å²) in [6, 6.07) is 5.20. The summed E-state index contributed by atoms with van der Waals surface area (Å²) in [5.41, 5.74) is 6.94. The second-order valence-corrected chi connectivity index (χ2v) is 7.09. The average Bonchev–Trinajstić information content (AvgIpc) is 2.57. The summed E-state index contributed by atoms with van der Waals surface area (Å²) in [4.78, 5) is 0. The molecule has 2 unspecified atom stereocenters. The normalized spacial score (nSPS) is 27.6. The molecule has 1 nitrogen and oxygen atoms in total. The molecule has 112 valence electrons. The lowest BCUT2D eigenvalue weighted by molar-refractivity contribution is 0.320. The van der Waals surface area contributed by atoms with E-state index >= 15 is 0 Å². The van der Waals surface area contributed by atoms with E-state index in [-0.39, 0.29) is 16.4 Å². The Balaban J connectivity index is 2.09. The standard InChI is InChI=1S/C17H25ClFN/c1-12(2)13-6-4-9-17(20,10-8-13)11-14-5-3-7-15(18)16(14)19/h3,5,7,12-13H,4,6,8-11,20H2,1-2H3. The predicted molar refractivity (Wildman–Crippen MR) is 83.4 cm³/mol. The average molecular weight is 298 g/mol. The van der Waals surface area contributed by atoms with Crippen molar-refractivity contribution in [1.29, 1.82) is 0 Å². The van der Waals surface area contributed by atoms with Gasteiger partial charge >= 0.3 is 0 Å². The lowest BCUT2D eigenvalue weighted by atomic mass is 9.83. The molecule has 3 heteroatoms. The fourth-order valence-corrected chi connectivity index (χ4v) is 3.56. The van der Waals surface area contributed by atoms with Crippen LogP contribution in [0.15, 0.2) is 18.2 Å². The van der Waals surface area contributed by atoms with Crippen LogP contribution in [0.5, 0.6) is 0 Å². The summed E-state index contributed by atoms with van der Waals surface area (Å²) < 4.78 is 14.0. The van der Waals surface area contributed by atoms with E-state index in [0.717, 1.165) is 31.6 Å². The van der Waals surface area contributed by atoms with Crippen LogP contribution in [-0.2, 0) is 6.42 Å². The molecule has 0 spiro atoms. The van der Waals surface area contributed by atoms with E-state index in [2.05, 4.69) is 13.8 Å². The second kappa shape index (κ2) is 6.44. The number of hydrogen-bond acceptors (Lipinski definition) is 1. The zero-order valence-electron chi connectivity index (χ0n) is 12.5. The van der Waals surface area contributed by atoms with E-state index in [1.165, 1.54) is 6.42 Å².